The largest absolute Gasteiger partial charge is 0.465 e. The second-order valence-electron chi connectivity index (χ2n) is 5.51. The third kappa shape index (κ3) is 3.61. The molecule has 3 nitrogen and oxygen atoms in total. The molecule has 0 spiro atoms. The zero-order valence-corrected chi connectivity index (χ0v) is 13.2. The van der Waals surface area contributed by atoms with Crippen LogP contribution in [0.3, 0.4) is 0 Å². The van der Waals surface area contributed by atoms with Gasteiger partial charge < -0.3 is 4.74 Å². The number of aliphatic imine (C=N–C) groups is 1. The Morgan fingerprint density at radius 2 is 1.55 bits per heavy atom. The van der Waals surface area contributed by atoms with Crippen LogP contribution in [-0.2, 0) is 9.53 Å². The molecule has 0 amide bonds. The summed E-state index contributed by atoms with van der Waals surface area (Å²) < 4.78 is 5.23. The van der Waals surface area contributed by atoms with Gasteiger partial charge in [-0.3, -0.25) is 9.79 Å². The third-order valence-corrected chi connectivity index (χ3v) is 3.42. The minimum absolute atomic E-state index is 0.270. The van der Waals surface area contributed by atoms with E-state index in [1.807, 2.05) is 81.4 Å². The maximum atomic E-state index is 12.4. The first-order chi connectivity index (χ1) is 10.6. The fraction of sp³-hybridized carbons (Fsp3) is 0.263. The normalized spacial score (nSPS) is 12.0. The molecule has 0 heterocycles. The number of esters is 1. The smallest absolute Gasteiger partial charge is 0.317 e. The third-order valence-electron chi connectivity index (χ3n) is 3.42. The van der Waals surface area contributed by atoms with Gasteiger partial charge in [0.2, 0.25) is 0 Å². The van der Waals surface area contributed by atoms with Gasteiger partial charge in [-0.1, -0.05) is 48.5 Å². The van der Waals surface area contributed by atoms with E-state index in [1.165, 1.54) is 0 Å². The molecular weight excluding hydrogens is 274 g/mol. The van der Waals surface area contributed by atoms with Crippen molar-refractivity contribution in [2.75, 3.05) is 6.61 Å². The highest BCUT2D eigenvalue weighted by molar-refractivity contribution is 6.15. The summed E-state index contributed by atoms with van der Waals surface area (Å²) in [7, 11) is 0. The standard InChI is InChI=1S/C19H21NO2/c1-4-22-18(21)19(2,3)17(15-11-7-5-8-12-15)20-16-13-9-6-10-14-16/h5-14H,4H2,1-3H3. The highest BCUT2D eigenvalue weighted by Crippen LogP contribution is 2.27. The number of ether oxygens (including phenoxy) is 1. The summed E-state index contributed by atoms with van der Waals surface area (Å²) in [6, 6.07) is 19.4. The van der Waals surface area contributed by atoms with Crippen LogP contribution >= 0.6 is 0 Å². The number of hydrogen-bond acceptors (Lipinski definition) is 3. The van der Waals surface area contributed by atoms with Crippen molar-refractivity contribution in [3.63, 3.8) is 0 Å². The molecule has 0 bridgehead atoms. The Bertz CT molecular complexity index is 646. The molecule has 0 aliphatic carbocycles. The Morgan fingerprint density at radius 1 is 1.00 bits per heavy atom. The van der Waals surface area contributed by atoms with E-state index in [9.17, 15) is 4.79 Å². The number of rotatable bonds is 5. The van der Waals surface area contributed by atoms with Crippen LogP contribution in [-0.4, -0.2) is 18.3 Å². The van der Waals surface area contributed by atoms with E-state index in [4.69, 9.17) is 9.73 Å². The van der Waals surface area contributed by atoms with Crippen molar-refractivity contribution in [3.8, 4) is 0 Å². The molecule has 0 aliphatic heterocycles. The van der Waals surface area contributed by atoms with Gasteiger partial charge in [0.15, 0.2) is 0 Å². The maximum Gasteiger partial charge on any atom is 0.317 e. The Kier molecular flexibility index (Phi) is 5.10. The van der Waals surface area contributed by atoms with Gasteiger partial charge in [-0.2, -0.15) is 0 Å². The van der Waals surface area contributed by atoms with Gasteiger partial charge in [-0.15, -0.1) is 0 Å². The first-order valence-corrected chi connectivity index (χ1v) is 7.42. The van der Waals surface area contributed by atoms with Crippen molar-refractivity contribution in [1.82, 2.24) is 0 Å². The summed E-state index contributed by atoms with van der Waals surface area (Å²) in [6.45, 7) is 5.86. The lowest BCUT2D eigenvalue weighted by molar-refractivity contribution is -0.149. The Labute approximate surface area is 131 Å². The monoisotopic (exact) mass is 295 g/mol. The molecule has 3 heteroatoms. The molecule has 0 radical (unpaired) electrons. The van der Waals surface area contributed by atoms with E-state index in [0.717, 1.165) is 11.3 Å². The SMILES string of the molecule is CCOC(=O)C(C)(C)C(=Nc1ccccc1)c1ccccc1. The predicted molar refractivity (Wildman–Crippen MR) is 89.5 cm³/mol. The summed E-state index contributed by atoms with van der Waals surface area (Å²) >= 11 is 0. The first kappa shape index (κ1) is 16.0. The molecule has 2 aromatic rings. The van der Waals surface area contributed by atoms with Gasteiger partial charge in [-0.25, -0.2) is 0 Å². The first-order valence-electron chi connectivity index (χ1n) is 7.42. The highest BCUT2D eigenvalue weighted by Gasteiger charge is 2.36. The molecule has 0 unspecified atom stereocenters. The lowest BCUT2D eigenvalue weighted by Gasteiger charge is -2.25. The molecule has 2 aromatic carbocycles. The molecule has 0 saturated heterocycles. The van der Waals surface area contributed by atoms with Crippen molar-refractivity contribution >= 4 is 17.4 Å². The summed E-state index contributed by atoms with van der Waals surface area (Å²) in [5.41, 5.74) is 1.62. The molecule has 0 atom stereocenters. The van der Waals surface area contributed by atoms with E-state index in [1.54, 1.807) is 0 Å². The van der Waals surface area contributed by atoms with Gasteiger partial charge in [-0.05, 0) is 38.5 Å². The van der Waals surface area contributed by atoms with Gasteiger partial charge in [0.1, 0.15) is 5.41 Å². The van der Waals surface area contributed by atoms with E-state index in [0.29, 0.717) is 12.3 Å². The molecule has 0 N–H and O–H groups in total. The van der Waals surface area contributed by atoms with Crippen LogP contribution < -0.4 is 0 Å². The van der Waals surface area contributed by atoms with E-state index in [-0.39, 0.29) is 5.97 Å². The van der Waals surface area contributed by atoms with Crippen LogP contribution in [0.5, 0.6) is 0 Å². The number of para-hydroxylation sites is 1. The second-order valence-corrected chi connectivity index (χ2v) is 5.51. The summed E-state index contributed by atoms with van der Waals surface area (Å²) in [6.07, 6.45) is 0. The second kappa shape index (κ2) is 7.03. The van der Waals surface area contributed by atoms with Crippen LogP contribution in [0.25, 0.3) is 0 Å². The number of carbonyl (C=O) groups is 1. The number of hydrogen-bond donors (Lipinski definition) is 0. The molecular formula is C19H21NO2. The van der Waals surface area contributed by atoms with Crippen molar-refractivity contribution in [3.05, 3.63) is 66.2 Å². The topological polar surface area (TPSA) is 38.7 Å². The highest BCUT2D eigenvalue weighted by atomic mass is 16.5. The molecule has 22 heavy (non-hydrogen) atoms. The molecule has 0 saturated carbocycles. The zero-order chi connectivity index (χ0) is 16.0. The summed E-state index contributed by atoms with van der Waals surface area (Å²) in [4.78, 5) is 17.1. The fourth-order valence-corrected chi connectivity index (χ4v) is 2.20. The van der Waals surface area contributed by atoms with Gasteiger partial charge in [0, 0.05) is 0 Å². The molecule has 2 rings (SSSR count). The molecule has 114 valence electrons. The van der Waals surface area contributed by atoms with Crippen LogP contribution in [0.1, 0.15) is 26.3 Å². The fourth-order valence-electron chi connectivity index (χ4n) is 2.20. The Hall–Kier alpha value is -2.42. The lowest BCUT2D eigenvalue weighted by atomic mass is 9.83. The number of nitrogens with zero attached hydrogens (tertiary/aromatic N) is 1. The van der Waals surface area contributed by atoms with Crippen LogP contribution in [0.4, 0.5) is 5.69 Å². The van der Waals surface area contributed by atoms with E-state index in [2.05, 4.69) is 0 Å². The zero-order valence-electron chi connectivity index (χ0n) is 13.2. The minimum Gasteiger partial charge on any atom is -0.465 e. The predicted octanol–water partition coefficient (Wildman–Crippen LogP) is 4.40. The van der Waals surface area contributed by atoms with E-state index >= 15 is 0 Å². The molecule has 0 aliphatic rings. The van der Waals surface area contributed by atoms with Crippen molar-refractivity contribution in [2.24, 2.45) is 10.4 Å². The van der Waals surface area contributed by atoms with Crippen molar-refractivity contribution in [1.29, 1.82) is 0 Å². The number of carbonyl (C=O) groups excluding carboxylic acids is 1. The molecule has 0 aromatic heterocycles. The maximum absolute atomic E-state index is 12.4. The average molecular weight is 295 g/mol. The van der Waals surface area contributed by atoms with Gasteiger partial charge in [0.05, 0.1) is 18.0 Å². The van der Waals surface area contributed by atoms with Gasteiger partial charge in [0.25, 0.3) is 0 Å². The van der Waals surface area contributed by atoms with Crippen LogP contribution in [0.15, 0.2) is 65.7 Å². The minimum atomic E-state index is -0.826. The van der Waals surface area contributed by atoms with Crippen molar-refractivity contribution < 1.29 is 9.53 Å². The number of benzene rings is 2. The van der Waals surface area contributed by atoms with Crippen molar-refractivity contribution in [2.45, 2.75) is 20.8 Å². The molecule has 0 fully saturated rings. The quantitative estimate of drug-likeness (QED) is 0.606. The van der Waals surface area contributed by atoms with Crippen LogP contribution in [0.2, 0.25) is 0 Å². The van der Waals surface area contributed by atoms with Crippen LogP contribution in [0, 0.1) is 5.41 Å². The summed E-state index contributed by atoms with van der Waals surface area (Å²) in [5, 5.41) is 0. The lowest BCUT2D eigenvalue weighted by Crippen LogP contribution is -2.35. The van der Waals surface area contributed by atoms with Gasteiger partial charge >= 0.3 is 5.97 Å². The average Bonchev–Trinajstić information content (AvgIpc) is 2.54. The Balaban J connectivity index is 2.52. The Morgan fingerprint density at radius 3 is 2.09 bits per heavy atom. The van der Waals surface area contributed by atoms with E-state index < -0.39 is 5.41 Å². The summed E-state index contributed by atoms with van der Waals surface area (Å²) in [5.74, 6) is -0.270.